The number of nitrogens with zero attached hydrogens (tertiary/aromatic N) is 2. The summed E-state index contributed by atoms with van der Waals surface area (Å²) in [6.07, 6.45) is 0.597. The van der Waals surface area contributed by atoms with Gasteiger partial charge in [-0.1, -0.05) is 18.5 Å². The molecule has 0 unspecified atom stereocenters. The van der Waals surface area contributed by atoms with Crippen LogP contribution in [0.3, 0.4) is 0 Å². The second-order valence-corrected chi connectivity index (χ2v) is 7.66. The Hall–Kier alpha value is -1.31. The van der Waals surface area contributed by atoms with Gasteiger partial charge in [0.25, 0.3) is 0 Å². The van der Waals surface area contributed by atoms with Crippen LogP contribution in [0, 0.1) is 0 Å². The zero-order valence-corrected chi connectivity index (χ0v) is 14.0. The number of nitrogens with one attached hydrogen (secondary N) is 1. The molecule has 0 atom stereocenters. The summed E-state index contributed by atoms with van der Waals surface area (Å²) >= 11 is 5.80. The minimum atomic E-state index is -3.19. The van der Waals surface area contributed by atoms with Crippen molar-refractivity contribution in [3.63, 3.8) is 0 Å². The van der Waals surface area contributed by atoms with Gasteiger partial charge in [0, 0.05) is 36.9 Å². The Morgan fingerprint density at radius 3 is 2.32 bits per heavy atom. The standard InChI is InChI=1S/C14H20ClN3O3S/c1-2-11-22(20,21)18-9-7-17(8-10-18)14(19)16-13-5-3-12(15)4-6-13/h3-6H,2,7-11H2,1H3,(H,16,19). The lowest BCUT2D eigenvalue weighted by Crippen LogP contribution is -2.52. The Morgan fingerprint density at radius 2 is 1.77 bits per heavy atom. The predicted molar refractivity (Wildman–Crippen MR) is 87.7 cm³/mol. The number of benzene rings is 1. The van der Waals surface area contributed by atoms with E-state index in [1.807, 2.05) is 6.92 Å². The lowest BCUT2D eigenvalue weighted by molar-refractivity contribution is 0.184. The zero-order valence-electron chi connectivity index (χ0n) is 12.5. The molecule has 0 spiro atoms. The first-order valence-electron chi connectivity index (χ1n) is 7.21. The Kier molecular flexibility index (Phi) is 5.66. The first-order valence-corrected chi connectivity index (χ1v) is 9.20. The predicted octanol–water partition coefficient (Wildman–Crippen LogP) is 2.23. The van der Waals surface area contributed by atoms with Crippen LogP contribution in [0.5, 0.6) is 0 Å². The molecule has 0 aliphatic carbocycles. The van der Waals surface area contributed by atoms with E-state index in [0.717, 1.165) is 0 Å². The van der Waals surface area contributed by atoms with Crippen molar-refractivity contribution in [1.29, 1.82) is 0 Å². The van der Waals surface area contributed by atoms with E-state index in [4.69, 9.17) is 11.6 Å². The molecule has 22 heavy (non-hydrogen) atoms. The van der Waals surface area contributed by atoms with Crippen molar-refractivity contribution in [2.75, 3.05) is 37.2 Å². The maximum absolute atomic E-state index is 12.1. The smallest absolute Gasteiger partial charge is 0.321 e. The van der Waals surface area contributed by atoms with Gasteiger partial charge in [-0.05, 0) is 30.7 Å². The van der Waals surface area contributed by atoms with E-state index >= 15 is 0 Å². The van der Waals surface area contributed by atoms with E-state index in [2.05, 4.69) is 5.32 Å². The molecule has 1 aliphatic rings. The van der Waals surface area contributed by atoms with Gasteiger partial charge in [-0.15, -0.1) is 0 Å². The molecule has 0 aromatic heterocycles. The minimum absolute atomic E-state index is 0.157. The van der Waals surface area contributed by atoms with Gasteiger partial charge in [-0.2, -0.15) is 4.31 Å². The van der Waals surface area contributed by atoms with Crippen molar-refractivity contribution in [3.8, 4) is 0 Å². The number of hydrogen-bond donors (Lipinski definition) is 1. The Morgan fingerprint density at radius 1 is 1.18 bits per heavy atom. The highest BCUT2D eigenvalue weighted by atomic mass is 35.5. The first-order chi connectivity index (χ1) is 10.4. The summed E-state index contributed by atoms with van der Waals surface area (Å²) in [5.74, 6) is 0.157. The summed E-state index contributed by atoms with van der Waals surface area (Å²) in [5, 5.41) is 3.38. The number of halogens is 1. The largest absolute Gasteiger partial charge is 0.322 e. The van der Waals surface area contributed by atoms with Crippen LogP contribution in [-0.2, 0) is 10.0 Å². The number of piperazine rings is 1. The maximum atomic E-state index is 12.1. The molecule has 0 saturated carbocycles. The number of carbonyl (C=O) groups excluding carboxylic acids is 1. The van der Waals surface area contributed by atoms with Gasteiger partial charge in [0.1, 0.15) is 0 Å². The molecule has 1 aromatic carbocycles. The Bertz CT molecular complexity index is 611. The highest BCUT2D eigenvalue weighted by Gasteiger charge is 2.28. The molecule has 1 heterocycles. The number of rotatable bonds is 4. The van der Waals surface area contributed by atoms with Crippen molar-refractivity contribution < 1.29 is 13.2 Å². The molecule has 2 amide bonds. The van der Waals surface area contributed by atoms with Gasteiger partial charge in [0.05, 0.1) is 5.75 Å². The zero-order chi connectivity index (χ0) is 16.2. The van der Waals surface area contributed by atoms with E-state index in [0.29, 0.717) is 43.3 Å². The van der Waals surface area contributed by atoms with Crippen molar-refractivity contribution >= 4 is 33.3 Å². The van der Waals surface area contributed by atoms with Crippen LogP contribution in [0.25, 0.3) is 0 Å². The number of amides is 2. The third kappa shape index (κ3) is 4.34. The van der Waals surface area contributed by atoms with Gasteiger partial charge < -0.3 is 10.2 Å². The van der Waals surface area contributed by atoms with Crippen LogP contribution in [-0.4, -0.2) is 55.6 Å². The molecule has 1 aliphatic heterocycles. The van der Waals surface area contributed by atoms with E-state index in [1.54, 1.807) is 29.2 Å². The Labute approximate surface area is 136 Å². The summed E-state index contributed by atoms with van der Waals surface area (Å²) in [7, 11) is -3.19. The molecule has 0 radical (unpaired) electrons. The topological polar surface area (TPSA) is 69.7 Å². The highest BCUT2D eigenvalue weighted by molar-refractivity contribution is 7.89. The van der Waals surface area contributed by atoms with Gasteiger partial charge >= 0.3 is 6.03 Å². The number of hydrogen-bond acceptors (Lipinski definition) is 3. The fourth-order valence-corrected chi connectivity index (χ4v) is 3.91. The van der Waals surface area contributed by atoms with E-state index in [-0.39, 0.29) is 11.8 Å². The second-order valence-electron chi connectivity index (χ2n) is 5.14. The van der Waals surface area contributed by atoms with Crippen molar-refractivity contribution in [1.82, 2.24) is 9.21 Å². The van der Waals surface area contributed by atoms with Gasteiger partial charge in [-0.3, -0.25) is 0 Å². The molecule has 2 rings (SSSR count). The van der Waals surface area contributed by atoms with Crippen molar-refractivity contribution in [2.24, 2.45) is 0 Å². The normalized spacial score (nSPS) is 16.5. The molecule has 1 saturated heterocycles. The van der Waals surface area contributed by atoms with Crippen LogP contribution in [0.15, 0.2) is 24.3 Å². The molecule has 122 valence electrons. The number of urea groups is 1. The van der Waals surface area contributed by atoms with E-state index in [9.17, 15) is 13.2 Å². The fourth-order valence-electron chi connectivity index (χ4n) is 2.29. The maximum Gasteiger partial charge on any atom is 0.321 e. The third-order valence-electron chi connectivity index (χ3n) is 3.48. The summed E-state index contributed by atoms with van der Waals surface area (Å²) in [6.45, 7) is 3.31. The molecular formula is C14H20ClN3O3S. The summed E-state index contributed by atoms with van der Waals surface area (Å²) in [4.78, 5) is 13.8. The molecular weight excluding hydrogens is 326 g/mol. The van der Waals surface area contributed by atoms with Gasteiger partial charge in [0.2, 0.25) is 10.0 Å². The third-order valence-corrected chi connectivity index (χ3v) is 5.80. The molecule has 1 N–H and O–H groups in total. The summed E-state index contributed by atoms with van der Waals surface area (Å²) in [6, 6.07) is 6.62. The van der Waals surface area contributed by atoms with E-state index in [1.165, 1.54) is 4.31 Å². The van der Waals surface area contributed by atoms with Crippen molar-refractivity contribution in [2.45, 2.75) is 13.3 Å². The molecule has 0 bridgehead atoms. The average Bonchev–Trinajstić information content (AvgIpc) is 2.49. The molecule has 1 fully saturated rings. The van der Waals surface area contributed by atoms with Crippen LogP contribution in [0.1, 0.15) is 13.3 Å². The van der Waals surface area contributed by atoms with Crippen LogP contribution < -0.4 is 5.32 Å². The second kappa shape index (κ2) is 7.30. The van der Waals surface area contributed by atoms with Crippen molar-refractivity contribution in [3.05, 3.63) is 29.3 Å². The fraction of sp³-hybridized carbons (Fsp3) is 0.500. The lowest BCUT2D eigenvalue weighted by Gasteiger charge is -2.33. The Balaban J connectivity index is 1.88. The first kappa shape index (κ1) is 17.1. The van der Waals surface area contributed by atoms with Gasteiger partial charge in [-0.25, -0.2) is 13.2 Å². The monoisotopic (exact) mass is 345 g/mol. The average molecular weight is 346 g/mol. The molecule has 6 nitrogen and oxygen atoms in total. The van der Waals surface area contributed by atoms with E-state index < -0.39 is 10.0 Å². The summed E-state index contributed by atoms with van der Waals surface area (Å²) < 4.78 is 25.4. The summed E-state index contributed by atoms with van der Waals surface area (Å²) in [5.41, 5.74) is 0.662. The van der Waals surface area contributed by atoms with Crippen LogP contribution >= 0.6 is 11.6 Å². The highest BCUT2D eigenvalue weighted by Crippen LogP contribution is 2.15. The van der Waals surface area contributed by atoms with Crippen LogP contribution in [0.2, 0.25) is 5.02 Å². The number of anilines is 1. The quantitative estimate of drug-likeness (QED) is 0.909. The minimum Gasteiger partial charge on any atom is -0.322 e. The van der Waals surface area contributed by atoms with Crippen LogP contribution in [0.4, 0.5) is 10.5 Å². The van der Waals surface area contributed by atoms with Gasteiger partial charge in [0.15, 0.2) is 0 Å². The molecule has 8 heteroatoms. The SMILES string of the molecule is CCCS(=O)(=O)N1CCN(C(=O)Nc2ccc(Cl)cc2)CC1. The number of carbonyl (C=O) groups is 1. The molecule has 1 aromatic rings. The number of sulfonamides is 1. The lowest BCUT2D eigenvalue weighted by atomic mass is 10.3.